The summed E-state index contributed by atoms with van der Waals surface area (Å²) in [7, 11) is -10.3. The standard InChI is InChI=1S/C6H9F2NO6S2/c1-2-9(5(10)3-16(7,12)13)6(11)4-17(8,14)15/h2-4H2,1H3. The molecule has 0 bridgehead atoms. The van der Waals surface area contributed by atoms with Crippen LogP contribution in [0.15, 0.2) is 0 Å². The van der Waals surface area contributed by atoms with E-state index < -0.39 is 50.3 Å². The van der Waals surface area contributed by atoms with Crippen LogP contribution in [0, 0.1) is 0 Å². The lowest BCUT2D eigenvalue weighted by atomic mass is 10.5. The van der Waals surface area contributed by atoms with Gasteiger partial charge < -0.3 is 0 Å². The minimum Gasteiger partial charge on any atom is -0.281 e. The Labute approximate surface area is 96.8 Å². The first kappa shape index (κ1) is 15.9. The van der Waals surface area contributed by atoms with Crippen molar-refractivity contribution in [3.63, 3.8) is 0 Å². The molecule has 0 spiro atoms. The van der Waals surface area contributed by atoms with Gasteiger partial charge in [0.15, 0.2) is 11.5 Å². The molecular formula is C6H9F2NO6S2. The smallest absolute Gasteiger partial charge is 0.281 e. The van der Waals surface area contributed by atoms with Crippen molar-refractivity contribution >= 4 is 32.3 Å². The van der Waals surface area contributed by atoms with E-state index in [1.807, 2.05) is 0 Å². The molecule has 2 amide bonds. The summed E-state index contributed by atoms with van der Waals surface area (Å²) >= 11 is 0. The lowest BCUT2D eigenvalue weighted by Crippen LogP contribution is -2.42. The summed E-state index contributed by atoms with van der Waals surface area (Å²) in [6.45, 7) is 0.814. The number of carbonyl (C=O) groups excluding carboxylic acids is 2. The minimum atomic E-state index is -5.14. The molecule has 0 heterocycles. The fourth-order valence-corrected chi connectivity index (χ4v) is 1.84. The molecule has 7 nitrogen and oxygen atoms in total. The molecule has 0 aromatic rings. The SMILES string of the molecule is CCN(C(=O)CS(=O)(=O)F)C(=O)CS(=O)(=O)F. The molecule has 0 N–H and O–H groups in total. The van der Waals surface area contributed by atoms with Crippen LogP contribution in [0.2, 0.25) is 0 Å². The lowest BCUT2D eigenvalue weighted by Gasteiger charge is -2.16. The van der Waals surface area contributed by atoms with Gasteiger partial charge in [0, 0.05) is 6.54 Å². The van der Waals surface area contributed by atoms with Gasteiger partial charge in [0.25, 0.3) is 0 Å². The van der Waals surface area contributed by atoms with Crippen molar-refractivity contribution in [1.82, 2.24) is 4.90 Å². The number of imide groups is 1. The molecule has 11 heteroatoms. The molecule has 0 aliphatic heterocycles. The highest BCUT2D eigenvalue weighted by Gasteiger charge is 2.28. The fourth-order valence-electron chi connectivity index (χ4n) is 0.943. The van der Waals surface area contributed by atoms with E-state index in [0.29, 0.717) is 0 Å². The average molecular weight is 293 g/mol. The predicted molar refractivity (Wildman–Crippen MR) is 52.2 cm³/mol. The molecule has 0 aliphatic rings. The largest absolute Gasteiger partial charge is 0.311 e. The van der Waals surface area contributed by atoms with E-state index in [2.05, 4.69) is 0 Å². The molecule has 0 rings (SSSR count). The third-order valence-electron chi connectivity index (χ3n) is 1.51. The molecule has 100 valence electrons. The van der Waals surface area contributed by atoms with Crippen LogP contribution in [0.3, 0.4) is 0 Å². The number of nitrogens with zero attached hydrogens (tertiary/aromatic N) is 1. The van der Waals surface area contributed by atoms with Gasteiger partial charge >= 0.3 is 20.4 Å². The second-order valence-electron chi connectivity index (χ2n) is 2.90. The zero-order valence-corrected chi connectivity index (χ0v) is 10.2. The quantitative estimate of drug-likeness (QED) is 0.599. The van der Waals surface area contributed by atoms with Crippen LogP contribution >= 0.6 is 0 Å². The van der Waals surface area contributed by atoms with E-state index in [0.717, 1.165) is 0 Å². The molecule has 0 fully saturated rings. The maximum absolute atomic E-state index is 12.2. The molecule has 17 heavy (non-hydrogen) atoms. The minimum absolute atomic E-state index is 0.147. The Morgan fingerprint density at radius 1 is 0.941 bits per heavy atom. The van der Waals surface area contributed by atoms with Crippen LogP contribution in [-0.4, -0.2) is 51.6 Å². The van der Waals surface area contributed by atoms with E-state index >= 15 is 0 Å². The molecule has 0 saturated heterocycles. The maximum atomic E-state index is 12.2. The molecule has 0 saturated carbocycles. The van der Waals surface area contributed by atoms with Gasteiger partial charge in [-0.15, -0.1) is 7.77 Å². The first-order valence-corrected chi connectivity index (χ1v) is 7.24. The second-order valence-corrected chi connectivity index (χ2v) is 5.63. The van der Waals surface area contributed by atoms with Gasteiger partial charge in [-0.1, -0.05) is 0 Å². The Bertz CT molecular complexity index is 465. The van der Waals surface area contributed by atoms with Gasteiger partial charge in [-0.2, -0.15) is 16.8 Å². The van der Waals surface area contributed by atoms with Crippen molar-refractivity contribution in [3.05, 3.63) is 0 Å². The summed E-state index contributed by atoms with van der Waals surface area (Å²) in [5, 5.41) is 0. The summed E-state index contributed by atoms with van der Waals surface area (Å²) in [5.74, 6) is -6.11. The van der Waals surface area contributed by atoms with Crippen molar-refractivity contribution in [2.45, 2.75) is 6.92 Å². The van der Waals surface area contributed by atoms with Gasteiger partial charge in [0.1, 0.15) is 0 Å². The number of halogens is 2. The maximum Gasteiger partial charge on any atom is 0.311 e. The fraction of sp³-hybridized carbons (Fsp3) is 0.667. The van der Waals surface area contributed by atoms with Gasteiger partial charge in [0.2, 0.25) is 11.8 Å². The third kappa shape index (κ3) is 6.94. The highest BCUT2D eigenvalue weighted by atomic mass is 32.3. The van der Waals surface area contributed by atoms with Crippen molar-refractivity contribution < 1.29 is 34.2 Å². The number of carbonyl (C=O) groups is 2. The Balaban J connectivity index is 4.86. The van der Waals surface area contributed by atoms with E-state index in [4.69, 9.17) is 0 Å². The van der Waals surface area contributed by atoms with E-state index in [1.54, 1.807) is 0 Å². The number of hydrogen-bond donors (Lipinski definition) is 0. The highest BCUT2D eigenvalue weighted by molar-refractivity contribution is 7.87. The molecule has 0 atom stereocenters. The number of hydrogen-bond acceptors (Lipinski definition) is 6. The summed E-state index contributed by atoms with van der Waals surface area (Å²) < 4.78 is 64.9. The Morgan fingerprint density at radius 2 is 1.24 bits per heavy atom. The van der Waals surface area contributed by atoms with Crippen LogP contribution in [0.1, 0.15) is 6.92 Å². The van der Waals surface area contributed by atoms with Crippen LogP contribution in [0.25, 0.3) is 0 Å². The molecule has 0 unspecified atom stereocenters. The van der Waals surface area contributed by atoms with Crippen LogP contribution in [-0.2, 0) is 30.0 Å². The van der Waals surface area contributed by atoms with Crippen LogP contribution < -0.4 is 0 Å². The summed E-state index contributed by atoms with van der Waals surface area (Å²) in [6, 6.07) is 0. The van der Waals surface area contributed by atoms with Crippen molar-refractivity contribution in [2.24, 2.45) is 0 Å². The molecule has 0 radical (unpaired) electrons. The molecule has 0 aromatic heterocycles. The van der Waals surface area contributed by atoms with Gasteiger partial charge in [0.05, 0.1) is 0 Å². The van der Waals surface area contributed by atoms with Crippen molar-refractivity contribution in [3.8, 4) is 0 Å². The van der Waals surface area contributed by atoms with Crippen LogP contribution in [0.4, 0.5) is 7.77 Å². The van der Waals surface area contributed by atoms with E-state index in [1.165, 1.54) is 6.92 Å². The topological polar surface area (TPSA) is 106 Å². The Kier molecular flexibility index (Phi) is 5.13. The zero-order chi connectivity index (χ0) is 13.9. The van der Waals surface area contributed by atoms with Gasteiger partial charge in [-0.25, -0.2) is 0 Å². The van der Waals surface area contributed by atoms with E-state index in [-0.39, 0.29) is 4.90 Å². The Morgan fingerprint density at radius 3 is 1.41 bits per heavy atom. The monoisotopic (exact) mass is 293 g/mol. The lowest BCUT2D eigenvalue weighted by molar-refractivity contribution is -0.141. The second kappa shape index (κ2) is 5.49. The van der Waals surface area contributed by atoms with Crippen molar-refractivity contribution in [1.29, 1.82) is 0 Å². The average Bonchev–Trinajstić information content (AvgIpc) is 1.96. The summed E-state index contributed by atoms with van der Waals surface area (Å²) in [6.07, 6.45) is 0. The zero-order valence-electron chi connectivity index (χ0n) is 8.59. The first-order valence-electron chi connectivity index (χ1n) is 4.14. The number of amides is 2. The number of rotatable bonds is 5. The molecular weight excluding hydrogens is 284 g/mol. The molecule has 0 aliphatic carbocycles. The highest BCUT2D eigenvalue weighted by Crippen LogP contribution is 2.01. The third-order valence-corrected chi connectivity index (χ3v) is 2.69. The van der Waals surface area contributed by atoms with Gasteiger partial charge in [-0.3, -0.25) is 14.5 Å². The predicted octanol–water partition coefficient (Wildman–Crippen LogP) is -1.04. The molecule has 0 aromatic carbocycles. The normalized spacial score (nSPS) is 12.2. The van der Waals surface area contributed by atoms with Gasteiger partial charge in [-0.05, 0) is 6.92 Å². The van der Waals surface area contributed by atoms with Crippen LogP contribution in [0.5, 0.6) is 0 Å². The summed E-state index contributed by atoms with van der Waals surface area (Å²) in [5.41, 5.74) is 0. The summed E-state index contributed by atoms with van der Waals surface area (Å²) in [4.78, 5) is 22.3. The Hall–Kier alpha value is -1.10. The first-order chi connectivity index (χ1) is 7.46. The van der Waals surface area contributed by atoms with Crippen molar-refractivity contribution in [2.75, 3.05) is 18.1 Å². The van der Waals surface area contributed by atoms with E-state index in [9.17, 15) is 34.2 Å².